The minimum Gasteiger partial charge on any atom is -0.465 e. The van der Waals surface area contributed by atoms with Crippen LogP contribution in [0, 0.1) is 13.8 Å². The molecule has 1 atom stereocenters. The van der Waals surface area contributed by atoms with E-state index in [1.807, 2.05) is 51.1 Å². The molecule has 0 spiro atoms. The van der Waals surface area contributed by atoms with Gasteiger partial charge in [0.2, 0.25) is 5.95 Å². The first-order valence-corrected chi connectivity index (χ1v) is 14.3. The second kappa shape index (κ2) is 11.0. The summed E-state index contributed by atoms with van der Waals surface area (Å²) >= 11 is 0. The SMILES string of the molecule is Cc1cccc(C)c1N1Cc2cnc3nc2N(CCCOC(=O)C(C)c2cc(ccc2N2CCN(C)CC2)N3)C1=O. The van der Waals surface area contributed by atoms with Gasteiger partial charge in [0.1, 0.15) is 5.82 Å². The molecule has 1 N–H and O–H groups in total. The fraction of sp³-hybridized carbons (Fsp3) is 0.419. The number of carbonyl (C=O) groups is 2. The first-order valence-electron chi connectivity index (χ1n) is 14.3. The average Bonchev–Trinajstić information content (AvgIpc) is 2.96. The monoisotopic (exact) mass is 555 g/mol. The molecule has 214 valence electrons. The lowest BCUT2D eigenvalue weighted by Crippen LogP contribution is -2.49. The molecule has 1 fully saturated rings. The van der Waals surface area contributed by atoms with Crippen molar-refractivity contribution in [2.45, 2.75) is 39.7 Å². The number of fused-ring (bicyclic) bond motifs is 3. The van der Waals surface area contributed by atoms with Crippen LogP contribution in [0.15, 0.2) is 42.6 Å². The molecule has 1 saturated heterocycles. The van der Waals surface area contributed by atoms with E-state index >= 15 is 0 Å². The van der Waals surface area contributed by atoms with E-state index in [1.54, 1.807) is 16.0 Å². The largest absolute Gasteiger partial charge is 0.465 e. The van der Waals surface area contributed by atoms with Crippen molar-refractivity contribution in [1.82, 2.24) is 14.9 Å². The Morgan fingerprint density at radius 2 is 1.73 bits per heavy atom. The number of aromatic nitrogens is 2. The third-order valence-corrected chi connectivity index (χ3v) is 8.32. The van der Waals surface area contributed by atoms with Gasteiger partial charge >= 0.3 is 12.0 Å². The number of anilines is 5. The number of para-hydroxylation sites is 1. The maximum absolute atomic E-state index is 13.9. The molecule has 2 amide bonds. The van der Waals surface area contributed by atoms with E-state index < -0.39 is 5.92 Å². The Hall–Kier alpha value is -4.18. The van der Waals surface area contributed by atoms with Gasteiger partial charge in [0.15, 0.2) is 0 Å². The minimum absolute atomic E-state index is 0.148. The normalized spacial score (nSPS) is 19.9. The fourth-order valence-corrected chi connectivity index (χ4v) is 5.98. The van der Waals surface area contributed by atoms with Gasteiger partial charge in [-0.3, -0.25) is 14.6 Å². The number of esters is 1. The number of cyclic esters (lactones) is 1. The Morgan fingerprint density at radius 3 is 2.49 bits per heavy atom. The summed E-state index contributed by atoms with van der Waals surface area (Å²) in [5.41, 5.74) is 6.57. The number of amides is 2. The van der Waals surface area contributed by atoms with E-state index in [4.69, 9.17) is 9.72 Å². The molecule has 4 heterocycles. The number of benzene rings is 2. The Balaban J connectivity index is 1.37. The quantitative estimate of drug-likeness (QED) is 0.459. The van der Waals surface area contributed by atoms with Crippen molar-refractivity contribution in [2.24, 2.45) is 0 Å². The minimum atomic E-state index is -0.454. The maximum atomic E-state index is 13.9. The highest BCUT2D eigenvalue weighted by Crippen LogP contribution is 2.36. The van der Waals surface area contributed by atoms with Gasteiger partial charge in [-0.2, -0.15) is 4.98 Å². The van der Waals surface area contributed by atoms with Crippen LogP contribution >= 0.6 is 0 Å². The van der Waals surface area contributed by atoms with Gasteiger partial charge in [-0.05, 0) is 69.1 Å². The Morgan fingerprint density at radius 1 is 0.976 bits per heavy atom. The molecule has 3 aliphatic heterocycles. The number of ether oxygens (including phenoxy) is 1. The predicted octanol–water partition coefficient (Wildman–Crippen LogP) is 4.59. The van der Waals surface area contributed by atoms with Crippen LogP contribution in [0.25, 0.3) is 0 Å². The molecule has 3 aliphatic rings. The van der Waals surface area contributed by atoms with Crippen molar-refractivity contribution in [3.63, 3.8) is 0 Å². The van der Waals surface area contributed by atoms with Crippen molar-refractivity contribution >= 4 is 40.8 Å². The van der Waals surface area contributed by atoms with Gasteiger partial charge < -0.3 is 19.9 Å². The number of hydrogen-bond acceptors (Lipinski definition) is 8. The van der Waals surface area contributed by atoms with Crippen LogP contribution in [0.3, 0.4) is 0 Å². The molecular weight excluding hydrogens is 518 g/mol. The van der Waals surface area contributed by atoms with Crippen LogP contribution in [-0.4, -0.2) is 73.2 Å². The number of carbonyl (C=O) groups excluding carboxylic acids is 2. The van der Waals surface area contributed by atoms with E-state index in [0.717, 1.165) is 65.5 Å². The zero-order valence-electron chi connectivity index (χ0n) is 24.2. The van der Waals surface area contributed by atoms with Gasteiger partial charge in [0.25, 0.3) is 0 Å². The predicted molar refractivity (Wildman–Crippen MR) is 160 cm³/mol. The zero-order chi connectivity index (χ0) is 28.7. The van der Waals surface area contributed by atoms with Crippen LogP contribution in [0.5, 0.6) is 0 Å². The van der Waals surface area contributed by atoms with Crippen LogP contribution in [0.1, 0.15) is 41.5 Å². The molecule has 4 bridgehead atoms. The van der Waals surface area contributed by atoms with Gasteiger partial charge in [-0.1, -0.05) is 18.2 Å². The van der Waals surface area contributed by atoms with E-state index in [2.05, 4.69) is 33.2 Å². The van der Waals surface area contributed by atoms with E-state index in [1.165, 1.54) is 0 Å². The van der Waals surface area contributed by atoms with Crippen LogP contribution in [-0.2, 0) is 16.1 Å². The van der Waals surface area contributed by atoms with E-state index in [-0.39, 0.29) is 18.6 Å². The summed E-state index contributed by atoms with van der Waals surface area (Å²) in [6.45, 7) is 10.6. The standard InChI is InChI=1S/C31H37N7O3/c1-20-7-5-8-21(2)27(20)38-19-23-18-32-30-33-24-9-10-26(36-14-12-35(4)13-15-36)25(17-24)22(3)29(39)41-16-6-11-37(31(38)40)28(23)34-30/h5,7-10,17-18,22H,6,11-16,19H2,1-4H3,(H,32,33,34). The number of nitrogens with one attached hydrogen (secondary N) is 1. The molecule has 0 radical (unpaired) electrons. The summed E-state index contributed by atoms with van der Waals surface area (Å²) in [5, 5.41) is 3.33. The van der Waals surface area contributed by atoms with Crippen molar-refractivity contribution < 1.29 is 14.3 Å². The van der Waals surface area contributed by atoms with Crippen molar-refractivity contribution in [1.29, 1.82) is 0 Å². The van der Waals surface area contributed by atoms with Crippen LogP contribution in [0.2, 0.25) is 0 Å². The Bertz CT molecular complexity index is 1460. The topological polar surface area (TPSA) is 94.1 Å². The molecule has 10 heteroatoms. The van der Waals surface area contributed by atoms with Gasteiger partial charge in [-0.15, -0.1) is 0 Å². The molecule has 10 nitrogen and oxygen atoms in total. The van der Waals surface area contributed by atoms with E-state index in [0.29, 0.717) is 31.3 Å². The molecule has 6 rings (SSSR count). The summed E-state index contributed by atoms with van der Waals surface area (Å²) < 4.78 is 5.77. The smallest absolute Gasteiger partial charge is 0.330 e. The second-order valence-electron chi connectivity index (χ2n) is 11.2. The Kier molecular flexibility index (Phi) is 7.25. The molecular formula is C31H37N7O3. The Labute approximate surface area is 240 Å². The summed E-state index contributed by atoms with van der Waals surface area (Å²) in [7, 11) is 2.13. The number of rotatable bonds is 2. The highest BCUT2D eigenvalue weighted by molar-refractivity contribution is 6.06. The summed E-state index contributed by atoms with van der Waals surface area (Å²) in [4.78, 5) is 44.8. The highest BCUT2D eigenvalue weighted by Gasteiger charge is 2.34. The average molecular weight is 556 g/mol. The van der Waals surface area contributed by atoms with E-state index in [9.17, 15) is 9.59 Å². The summed E-state index contributed by atoms with van der Waals surface area (Å²) in [6.07, 6.45) is 2.29. The maximum Gasteiger partial charge on any atom is 0.330 e. The molecule has 3 aromatic rings. The van der Waals surface area contributed by atoms with Gasteiger partial charge in [-0.25, -0.2) is 9.78 Å². The third-order valence-electron chi connectivity index (χ3n) is 8.32. The molecule has 1 unspecified atom stereocenters. The van der Waals surface area contributed by atoms with Crippen LogP contribution in [0.4, 0.5) is 33.6 Å². The van der Waals surface area contributed by atoms with Crippen molar-refractivity contribution in [3.8, 4) is 0 Å². The number of likely N-dealkylation sites (N-methyl/N-ethyl adjacent to an activating group) is 1. The van der Waals surface area contributed by atoms with Crippen molar-refractivity contribution in [3.05, 3.63) is 64.8 Å². The lowest BCUT2D eigenvalue weighted by Gasteiger charge is -2.37. The first-order chi connectivity index (χ1) is 19.8. The van der Waals surface area contributed by atoms with Gasteiger partial charge in [0.05, 0.1) is 24.8 Å². The summed E-state index contributed by atoms with van der Waals surface area (Å²) in [5.74, 6) is 0.269. The third kappa shape index (κ3) is 5.19. The number of hydrogen-bond donors (Lipinski definition) is 1. The molecule has 0 aliphatic carbocycles. The van der Waals surface area contributed by atoms with Crippen LogP contribution < -0.4 is 20.0 Å². The lowest BCUT2D eigenvalue weighted by molar-refractivity contribution is -0.145. The molecule has 0 saturated carbocycles. The number of aryl methyl sites for hydroxylation is 2. The molecule has 41 heavy (non-hydrogen) atoms. The highest BCUT2D eigenvalue weighted by atomic mass is 16.5. The van der Waals surface area contributed by atoms with Crippen molar-refractivity contribution in [2.75, 3.05) is 66.4 Å². The number of urea groups is 1. The number of nitrogens with zero attached hydrogens (tertiary/aromatic N) is 6. The summed E-state index contributed by atoms with van der Waals surface area (Å²) in [6, 6.07) is 11.9. The molecule has 2 aromatic carbocycles. The lowest BCUT2D eigenvalue weighted by atomic mass is 9.97. The zero-order valence-corrected chi connectivity index (χ0v) is 24.2. The number of piperazine rings is 1. The molecule has 1 aromatic heterocycles. The van der Waals surface area contributed by atoms with Gasteiger partial charge in [0, 0.05) is 55.9 Å². The second-order valence-corrected chi connectivity index (χ2v) is 11.2. The fourth-order valence-electron chi connectivity index (χ4n) is 5.98. The first kappa shape index (κ1) is 27.0.